The number of aryl methyl sites for hydroxylation is 1. The number of amides is 1. The first kappa shape index (κ1) is 16.8. The number of fused-ring (bicyclic) bond motifs is 1. The van der Waals surface area contributed by atoms with Crippen LogP contribution in [0.1, 0.15) is 37.2 Å². The molecule has 3 aliphatic rings. The minimum atomic E-state index is -0.772. The lowest BCUT2D eigenvalue weighted by atomic mass is 10.0. The van der Waals surface area contributed by atoms with Crippen molar-refractivity contribution in [3.05, 3.63) is 17.5 Å². The van der Waals surface area contributed by atoms with Gasteiger partial charge in [-0.3, -0.25) is 9.58 Å². The van der Waals surface area contributed by atoms with E-state index in [2.05, 4.69) is 22.6 Å². The summed E-state index contributed by atoms with van der Waals surface area (Å²) in [7, 11) is 0. The number of carbonyl (C=O) groups is 1. The van der Waals surface area contributed by atoms with E-state index >= 15 is 0 Å². The Morgan fingerprint density at radius 2 is 1.92 bits per heavy atom. The van der Waals surface area contributed by atoms with Crippen molar-refractivity contribution in [2.75, 3.05) is 39.4 Å². The highest BCUT2D eigenvalue weighted by molar-refractivity contribution is 5.65. The maximum Gasteiger partial charge on any atom is 0.407 e. The highest BCUT2D eigenvalue weighted by atomic mass is 16.5. The van der Waals surface area contributed by atoms with Gasteiger partial charge in [0.15, 0.2) is 0 Å². The number of ether oxygens (including phenoxy) is 1. The molecule has 138 valence electrons. The second-order valence-corrected chi connectivity index (χ2v) is 7.67. The Labute approximate surface area is 148 Å². The first-order chi connectivity index (χ1) is 12.1. The van der Waals surface area contributed by atoms with Gasteiger partial charge >= 0.3 is 6.09 Å². The SMILES string of the molecule is CCc1cc(CN2CC3CN(C(=O)O)CC3C2)n(C2CCOCC2)n1. The Kier molecular flexibility index (Phi) is 4.69. The van der Waals surface area contributed by atoms with Gasteiger partial charge in [0, 0.05) is 45.9 Å². The summed E-state index contributed by atoms with van der Waals surface area (Å²) in [6.45, 7) is 8.09. The van der Waals surface area contributed by atoms with Crippen LogP contribution in [0.4, 0.5) is 4.79 Å². The third-order valence-electron chi connectivity index (χ3n) is 5.98. The van der Waals surface area contributed by atoms with Crippen molar-refractivity contribution in [2.24, 2.45) is 11.8 Å². The molecule has 1 amide bonds. The zero-order valence-corrected chi connectivity index (χ0v) is 14.9. The van der Waals surface area contributed by atoms with E-state index < -0.39 is 6.09 Å². The molecule has 25 heavy (non-hydrogen) atoms. The number of nitrogens with zero attached hydrogens (tertiary/aromatic N) is 4. The molecule has 1 aromatic rings. The van der Waals surface area contributed by atoms with E-state index in [1.165, 1.54) is 5.69 Å². The van der Waals surface area contributed by atoms with Crippen molar-refractivity contribution in [3.8, 4) is 0 Å². The molecule has 0 saturated carbocycles. The molecule has 0 bridgehead atoms. The molecule has 7 nitrogen and oxygen atoms in total. The minimum absolute atomic E-state index is 0.452. The molecule has 0 radical (unpaired) electrons. The average molecular weight is 348 g/mol. The van der Waals surface area contributed by atoms with Crippen molar-refractivity contribution in [1.82, 2.24) is 19.6 Å². The summed E-state index contributed by atoms with van der Waals surface area (Å²) < 4.78 is 7.75. The fourth-order valence-corrected chi connectivity index (χ4v) is 4.63. The summed E-state index contributed by atoms with van der Waals surface area (Å²) in [5, 5.41) is 14.0. The van der Waals surface area contributed by atoms with Gasteiger partial charge in [-0.2, -0.15) is 5.10 Å². The number of hydrogen-bond acceptors (Lipinski definition) is 4. The molecule has 0 aliphatic carbocycles. The van der Waals surface area contributed by atoms with Gasteiger partial charge in [0.05, 0.1) is 17.4 Å². The average Bonchev–Trinajstić information content (AvgIpc) is 3.28. The van der Waals surface area contributed by atoms with E-state index in [4.69, 9.17) is 9.84 Å². The fraction of sp³-hybridized carbons (Fsp3) is 0.778. The monoisotopic (exact) mass is 348 g/mol. The molecular formula is C18H28N4O3. The molecule has 3 fully saturated rings. The van der Waals surface area contributed by atoms with Gasteiger partial charge in [0.1, 0.15) is 0 Å². The summed E-state index contributed by atoms with van der Waals surface area (Å²) in [5.74, 6) is 0.974. The van der Waals surface area contributed by atoms with Gasteiger partial charge < -0.3 is 14.7 Å². The quantitative estimate of drug-likeness (QED) is 0.899. The molecule has 4 heterocycles. The second kappa shape index (κ2) is 6.96. The second-order valence-electron chi connectivity index (χ2n) is 7.67. The van der Waals surface area contributed by atoms with Crippen LogP contribution >= 0.6 is 0 Å². The van der Waals surface area contributed by atoms with Gasteiger partial charge in [0.2, 0.25) is 0 Å². The van der Waals surface area contributed by atoms with E-state index in [0.717, 1.165) is 57.8 Å². The van der Waals surface area contributed by atoms with E-state index in [1.54, 1.807) is 4.90 Å². The van der Waals surface area contributed by atoms with Crippen LogP contribution in [-0.4, -0.2) is 70.2 Å². The molecule has 0 aromatic carbocycles. The Morgan fingerprint density at radius 1 is 1.24 bits per heavy atom. The van der Waals surface area contributed by atoms with Crippen LogP contribution in [-0.2, 0) is 17.7 Å². The third-order valence-corrected chi connectivity index (χ3v) is 5.98. The summed E-state index contributed by atoms with van der Waals surface area (Å²) in [6.07, 6.45) is 2.26. The van der Waals surface area contributed by atoms with Crippen molar-refractivity contribution in [1.29, 1.82) is 0 Å². The zero-order chi connectivity index (χ0) is 17.4. The van der Waals surface area contributed by atoms with E-state index in [1.807, 2.05) is 0 Å². The van der Waals surface area contributed by atoms with E-state index in [0.29, 0.717) is 31.0 Å². The molecule has 0 spiro atoms. The van der Waals surface area contributed by atoms with Crippen LogP contribution < -0.4 is 0 Å². The summed E-state index contributed by atoms with van der Waals surface area (Å²) >= 11 is 0. The van der Waals surface area contributed by atoms with Gasteiger partial charge in [-0.15, -0.1) is 0 Å². The fourth-order valence-electron chi connectivity index (χ4n) is 4.63. The predicted molar refractivity (Wildman–Crippen MR) is 92.5 cm³/mol. The van der Waals surface area contributed by atoms with E-state index in [-0.39, 0.29) is 0 Å². The summed E-state index contributed by atoms with van der Waals surface area (Å²) in [6, 6.07) is 2.71. The first-order valence-corrected chi connectivity index (χ1v) is 9.49. The van der Waals surface area contributed by atoms with Crippen molar-refractivity contribution >= 4 is 6.09 Å². The first-order valence-electron chi connectivity index (χ1n) is 9.49. The normalized spacial score (nSPS) is 27.8. The molecule has 1 aromatic heterocycles. The number of likely N-dealkylation sites (tertiary alicyclic amines) is 2. The lowest BCUT2D eigenvalue weighted by Crippen LogP contribution is -2.32. The topological polar surface area (TPSA) is 70.8 Å². The Hall–Kier alpha value is -1.60. The molecule has 4 rings (SSSR count). The third kappa shape index (κ3) is 3.40. The predicted octanol–water partition coefficient (Wildman–Crippen LogP) is 1.84. The van der Waals surface area contributed by atoms with Crippen molar-refractivity contribution in [3.63, 3.8) is 0 Å². The minimum Gasteiger partial charge on any atom is -0.465 e. The maximum absolute atomic E-state index is 11.2. The van der Waals surface area contributed by atoms with Gasteiger partial charge in [-0.1, -0.05) is 6.92 Å². The van der Waals surface area contributed by atoms with E-state index in [9.17, 15) is 9.90 Å². The molecular weight excluding hydrogens is 320 g/mol. The van der Waals surface area contributed by atoms with Crippen LogP contribution in [0.3, 0.4) is 0 Å². The van der Waals surface area contributed by atoms with Crippen molar-refractivity contribution < 1.29 is 14.6 Å². The lowest BCUT2D eigenvalue weighted by molar-refractivity contribution is 0.0646. The molecule has 3 saturated heterocycles. The van der Waals surface area contributed by atoms with Gasteiger partial charge in [-0.05, 0) is 37.2 Å². The molecule has 2 atom stereocenters. The van der Waals surface area contributed by atoms with Crippen LogP contribution in [0.25, 0.3) is 0 Å². The highest BCUT2D eigenvalue weighted by Crippen LogP contribution is 2.32. The number of rotatable bonds is 4. The van der Waals surface area contributed by atoms with Crippen LogP contribution in [0.2, 0.25) is 0 Å². The largest absolute Gasteiger partial charge is 0.465 e. The maximum atomic E-state index is 11.2. The zero-order valence-electron chi connectivity index (χ0n) is 14.9. The summed E-state index contributed by atoms with van der Waals surface area (Å²) in [5.41, 5.74) is 2.47. The number of hydrogen-bond donors (Lipinski definition) is 1. The number of carboxylic acid groups (broad SMARTS) is 1. The molecule has 7 heteroatoms. The summed E-state index contributed by atoms with van der Waals surface area (Å²) in [4.78, 5) is 15.2. The Morgan fingerprint density at radius 3 is 2.52 bits per heavy atom. The van der Waals surface area contributed by atoms with Crippen LogP contribution in [0, 0.1) is 11.8 Å². The van der Waals surface area contributed by atoms with Gasteiger partial charge in [-0.25, -0.2) is 4.79 Å². The molecule has 2 unspecified atom stereocenters. The lowest BCUT2D eigenvalue weighted by Gasteiger charge is -2.26. The highest BCUT2D eigenvalue weighted by Gasteiger charge is 2.41. The molecule has 1 N–H and O–H groups in total. The van der Waals surface area contributed by atoms with Crippen molar-refractivity contribution in [2.45, 2.75) is 38.8 Å². The van der Waals surface area contributed by atoms with Gasteiger partial charge in [0.25, 0.3) is 0 Å². The Bertz CT molecular complexity index is 612. The molecule has 3 aliphatic heterocycles. The Balaban J connectivity index is 1.43. The van der Waals surface area contributed by atoms with Crippen LogP contribution in [0.15, 0.2) is 6.07 Å². The van der Waals surface area contributed by atoms with Crippen LogP contribution in [0.5, 0.6) is 0 Å². The standard InChI is InChI=1S/C18H28N4O3/c1-2-15-7-17(22(19-15)16-3-5-25-6-4-16)12-20-8-13-10-21(18(23)24)11-14(13)9-20/h7,13-14,16H,2-6,8-12H2,1H3,(H,23,24). The smallest absolute Gasteiger partial charge is 0.407 e. The number of aromatic nitrogens is 2.